The van der Waals surface area contributed by atoms with Crippen molar-refractivity contribution in [2.45, 2.75) is 26.3 Å². The van der Waals surface area contributed by atoms with E-state index in [1.165, 1.54) is 0 Å². The molecule has 2 amide bonds. The first-order valence-corrected chi connectivity index (χ1v) is 6.82. The summed E-state index contributed by atoms with van der Waals surface area (Å²) in [4.78, 5) is 27.2. The van der Waals surface area contributed by atoms with Gasteiger partial charge in [-0.05, 0) is 20.9 Å². The zero-order chi connectivity index (χ0) is 14.3. The number of amides is 2. The Hall–Kier alpha value is -1.14. The first-order chi connectivity index (χ1) is 8.99. The maximum atomic E-state index is 12.0. The van der Waals surface area contributed by atoms with Crippen LogP contribution >= 0.6 is 0 Å². The van der Waals surface area contributed by atoms with Crippen molar-refractivity contribution in [1.82, 2.24) is 15.1 Å². The Bertz CT molecular complexity index is 302. The molecule has 0 atom stereocenters. The van der Waals surface area contributed by atoms with Crippen LogP contribution in [0.1, 0.15) is 20.3 Å². The number of carbonyl (C=O) groups is 2. The summed E-state index contributed by atoms with van der Waals surface area (Å²) in [6.45, 7) is 7.39. The number of rotatable bonds is 6. The minimum atomic E-state index is 0.0284. The van der Waals surface area contributed by atoms with E-state index in [9.17, 15) is 9.59 Å². The van der Waals surface area contributed by atoms with E-state index in [2.05, 4.69) is 5.32 Å². The molecule has 1 fully saturated rings. The van der Waals surface area contributed by atoms with Gasteiger partial charge in [0.25, 0.3) is 0 Å². The van der Waals surface area contributed by atoms with Gasteiger partial charge in [-0.2, -0.15) is 0 Å². The van der Waals surface area contributed by atoms with Crippen LogP contribution in [0.5, 0.6) is 0 Å². The second-order valence-electron chi connectivity index (χ2n) is 5.20. The molecule has 1 aliphatic heterocycles. The summed E-state index contributed by atoms with van der Waals surface area (Å²) in [5.74, 6) is 0.135. The number of carbonyl (C=O) groups excluding carboxylic acids is 2. The molecule has 0 saturated carbocycles. The van der Waals surface area contributed by atoms with Gasteiger partial charge in [0.05, 0.1) is 19.8 Å². The maximum absolute atomic E-state index is 12.0. The van der Waals surface area contributed by atoms with Crippen LogP contribution in [-0.2, 0) is 14.3 Å². The van der Waals surface area contributed by atoms with E-state index in [0.29, 0.717) is 45.8 Å². The molecular formula is C13H25N3O3. The third-order valence-electron chi connectivity index (χ3n) is 2.94. The van der Waals surface area contributed by atoms with Gasteiger partial charge >= 0.3 is 0 Å². The molecule has 0 aromatic heterocycles. The smallest absolute Gasteiger partial charge is 0.236 e. The van der Waals surface area contributed by atoms with Gasteiger partial charge in [0.15, 0.2) is 0 Å². The van der Waals surface area contributed by atoms with Crippen LogP contribution in [0.3, 0.4) is 0 Å². The average Bonchev–Trinajstić information content (AvgIpc) is 2.36. The number of nitrogens with one attached hydrogen (secondary N) is 1. The van der Waals surface area contributed by atoms with Crippen molar-refractivity contribution in [2.75, 3.05) is 46.4 Å². The monoisotopic (exact) mass is 271 g/mol. The largest absolute Gasteiger partial charge is 0.378 e. The van der Waals surface area contributed by atoms with Crippen molar-refractivity contribution in [2.24, 2.45) is 0 Å². The van der Waals surface area contributed by atoms with Gasteiger partial charge in [-0.1, -0.05) is 0 Å². The zero-order valence-electron chi connectivity index (χ0n) is 12.1. The van der Waals surface area contributed by atoms with Gasteiger partial charge in [-0.3, -0.25) is 14.5 Å². The summed E-state index contributed by atoms with van der Waals surface area (Å²) in [6.07, 6.45) is 0.422. The minimum Gasteiger partial charge on any atom is -0.378 e. The Morgan fingerprint density at radius 3 is 2.53 bits per heavy atom. The van der Waals surface area contributed by atoms with Crippen LogP contribution in [0.15, 0.2) is 0 Å². The van der Waals surface area contributed by atoms with E-state index in [4.69, 9.17) is 4.74 Å². The first-order valence-electron chi connectivity index (χ1n) is 6.82. The van der Waals surface area contributed by atoms with Crippen molar-refractivity contribution in [3.05, 3.63) is 0 Å². The fourth-order valence-electron chi connectivity index (χ4n) is 1.91. The highest BCUT2D eigenvalue weighted by molar-refractivity contribution is 5.79. The summed E-state index contributed by atoms with van der Waals surface area (Å²) >= 11 is 0. The van der Waals surface area contributed by atoms with Crippen molar-refractivity contribution < 1.29 is 14.3 Å². The molecule has 0 aromatic carbocycles. The normalized spacial score (nSPS) is 15.9. The van der Waals surface area contributed by atoms with E-state index in [1.807, 2.05) is 30.7 Å². The third kappa shape index (κ3) is 6.54. The highest BCUT2D eigenvalue weighted by atomic mass is 16.5. The number of nitrogens with zero attached hydrogens (tertiary/aromatic N) is 2. The van der Waals surface area contributed by atoms with E-state index in [1.54, 1.807) is 0 Å². The lowest BCUT2D eigenvalue weighted by Gasteiger charge is -2.28. The zero-order valence-corrected chi connectivity index (χ0v) is 12.1. The van der Waals surface area contributed by atoms with Gasteiger partial charge in [-0.15, -0.1) is 0 Å². The molecule has 1 heterocycles. The Kier molecular flexibility index (Phi) is 6.80. The van der Waals surface area contributed by atoms with Crippen LogP contribution in [0.25, 0.3) is 0 Å². The predicted molar refractivity (Wildman–Crippen MR) is 72.8 cm³/mol. The minimum absolute atomic E-state index is 0.0284. The first kappa shape index (κ1) is 15.9. The van der Waals surface area contributed by atoms with Crippen molar-refractivity contribution in [1.29, 1.82) is 0 Å². The number of hydrogen-bond acceptors (Lipinski definition) is 4. The molecule has 0 spiro atoms. The van der Waals surface area contributed by atoms with Crippen LogP contribution in [0.4, 0.5) is 0 Å². The molecule has 0 aromatic rings. The number of ether oxygens (including phenoxy) is 1. The van der Waals surface area contributed by atoms with Gasteiger partial charge in [0.1, 0.15) is 0 Å². The topological polar surface area (TPSA) is 61.9 Å². The number of likely N-dealkylation sites (N-methyl/N-ethyl adjacent to an activating group) is 1. The van der Waals surface area contributed by atoms with Gasteiger partial charge in [0.2, 0.25) is 11.8 Å². The summed E-state index contributed by atoms with van der Waals surface area (Å²) in [6, 6.07) is 0.160. The van der Waals surface area contributed by atoms with Gasteiger partial charge in [-0.25, -0.2) is 0 Å². The van der Waals surface area contributed by atoms with Gasteiger partial charge in [0, 0.05) is 32.1 Å². The molecule has 19 heavy (non-hydrogen) atoms. The Labute approximate surface area is 115 Å². The fourth-order valence-corrected chi connectivity index (χ4v) is 1.91. The Morgan fingerprint density at radius 1 is 1.32 bits per heavy atom. The molecule has 1 rings (SSSR count). The van der Waals surface area contributed by atoms with Gasteiger partial charge < -0.3 is 15.0 Å². The standard InChI is InChI=1S/C13H25N3O3/c1-11(2)14-12(17)4-5-15(3)10-13(18)16-6-8-19-9-7-16/h11H,4-10H2,1-3H3,(H,14,17). The Morgan fingerprint density at radius 2 is 1.95 bits per heavy atom. The molecule has 1 saturated heterocycles. The van der Waals surface area contributed by atoms with Crippen LogP contribution in [0.2, 0.25) is 0 Å². The molecule has 6 heteroatoms. The molecular weight excluding hydrogens is 246 g/mol. The van der Waals surface area contributed by atoms with Crippen molar-refractivity contribution in [3.8, 4) is 0 Å². The van der Waals surface area contributed by atoms with E-state index < -0.39 is 0 Å². The second kappa shape index (κ2) is 8.12. The quantitative estimate of drug-likeness (QED) is 0.720. The average molecular weight is 271 g/mol. The second-order valence-corrected chi connectivity index (χ2v) is 5.20. The predicted octanol–water partition coefficient (Wildman–Crippen LogP) is -0.308. The van der Waals surface area contributed by atoms with Crippen LogP contribution < -0.4 is 5.32 Å². The van der Waals surface area contributed by atoms with Crippen LogP contribution in [0, 0.1) is 0 Å². The summed E-state index contributed by atoms with van der Waals surface area (Å²) in [7, 11) is 1.86. The molecule has 1 N–H and O–H groups in total. The third-order valence-corrected chi connectivity index (χ3v) is 2.94. The summed E-state index contributed by atoms with van der Waals surface area (Å²) < 4.78 is 5.21. The molecule has 0 aliphatic carbocycles. The Balaban J connectivity index is 2.20. The lowest BCUT2D eigenvalue weighted by Crippen LogP contribution is -2.45. The lowest BCUT2D eigenvalue weighted by atomic mass is 10.3. The fraction of sp³-hybridized carbons (Fsp3) is 0.846. The number of morpholine rings is 1. The van der Waals surface area contributed by atoms with Crippen molar-refractivity contribution in [3.63, 3.8) is 0 Å². The molecule has 0 unspecified atom stereocenters. The highest BCUT2D eigenvalue weighted by Gasteiger charge is 2.18. The molecule has 6 nitrogen and oxygen atoms in total. The molecule has 0 radical (unpaired) electrons. The van der Waals surface area contributed by atoms with Crippen LogP contribution in [-0.4, -0.2) is 74.1 Å². The lowest BCUT2D eigenvalue weighted by molar-refractivity contribution is -0.136. The highest BCUT2D eigenvalue weighted by Crippen LogP contribution is 1.99. The van der Waals surface area contributed by atoms with E-state index in [-0.39, 0.29) is 17.9 Å². The van der Waals surface area contributed by atoms with E-state index in [0.717, 1.165) is 0 Å². The maximum Gasteiger partial charge on any atom is 0.236 e. The number of hydrogen-bond donors (Lipinski definition) is 1. The molecule has 1 aliphatic rings. The molecule has 0 bridgehead atoms. The summed E-state index contributed by atoms with van der Waals surface area (Å²) in [5.41, 5.74) is 0. The van der Waals surface area contributed by atoms with Crippen molar-refractivity contribution >= 4 is 11.8 Å². The van der Waals surface area contributed by atoms with E-state index >= 15 is 0 Å². The summed E-state index contributed by atoms with van der Waals surface area (Å²) in [5, 5.41) is 2.84. The SMILES string of the molecule is CC(C)NC(=O)CCN(C)CC(=O)N1CCOCC1. The molecule has 110 valence electrons.